The van der Waals surface area contributed by atoms with Gasteiger partial charge in [0.05, 0.1) is 13.2 Å². The second kappa shape index (κ2) is 7.97. The first kappa shape index (κ1) is 15.7. The number of amides is 1. The number of rotatable bonds is 4. The third-order valence-electron chi connectivity index (χ3n) is 2.37. The molecule has 0 radical (unpaired) electrons. The minimum absolute atomic E-state index is 0.148. The van der Waals surface area contributed by atoms with Crippen LogP contribution in [-0.2, 0) is 9.53 Å². The SMILES string of the molecule is CCOC(=O)CNC(=O)c1cc(C)cc(C#CCN)c1. The molecular weight excluding hydrogens is 256 g/mol. The molecule has 0 atom stereocenters. The summed E-state index contributed by atoms with van der Waals surface area (Å²) in [5, 5.41) is 2.51. The number of hydrogen-bond donors (Lipinski definition) is 2. The van der Waals surface area contributed by atoms with Crippen LogP contribution in [0.5, 0.6) is 0 Å². The third-order valence-corrected chi connectivity index (χ3v) is 2.37. The zero-order valence-electron chi connectivity index (χ0n) is 11.7. The number of hydrogen-bond acceptors (Lipinski definition) is 4. The molecule has 1 rings (SSSR count). The Morgan fingerprint density at radius 1 is 1.35 bits per heavy atom. The van der Waals surface area contributed by atoms with Crippen molar-refractivity contribution in [3.8, 4) is 11.8 Å². The molecule has 0 aromatic heterocycles. The molecule has 0 fully saturated rings. The standard InChI is InChI=1S/C15H18N2O3/c1-3-20-14(18)10-17-15(19)13-8-11(2)7-12(9-13)5-4-6-16/h7-9H,3,6,10,16H2,1-2H3,(H,17,19). The highest BCUT2D eigenvalue weighted by atomic mass is 16.5. The van der Waals surface area contributed by atoms with Gasteiger partial charge in [-0.2, -0.15) is 0 Å². The van der Waals surface area contributed by atoms with Crippen molar-refractivity contribution < 1.29 is 14.3 Å². The highest BCUT2D eigenvalue weighted by Crippen LogP contribution is 2.09. The van der Waals surface area contributed by atoms with Gasteiger partial charge in [-0.1, -0.05) is 11.8 Å². The van der Waals surface area contributed by atoms with E-state index in [9.17, 15) is 9.59 Å². The Kier molecular flexibility index (Phi) is 6.27. The summed E-state index contributed by atoms with van der Waals surface area (Å²) in [5.74, 6) is 4.82. The first-order chi connectivity index (χ1) is 9.56. The Morgan fingerprint density at radius 2 is 2.10 bits per heavy atom. The van der Waals surface area contributed by atoms with Crippen molar-refractivity contribution in [1.82, 2.24) is 5.32 Å². The molecule has 0 bridgehead atoms. The molecular formula is C15H18N2O3. The van der Waals surface area contributed by atoms with E-state index >= 15 is 0 Å². The molecule has 5 nitrogen and oxygen atoms in total. The summed E-state index contributed by atoms with van der Waals surface area (Å²) in [6, 6.07) is 5.26. The highest BCUT2D eigenvalue weighted by molar-refractivity contribution is 5.96. The van der Waals surface area contributed by atoms with Gasteiger partial charge in [0, 0.05) is 11.1 Å². The van der Waals surface area contributed by atoms with E-state index in [4.69, 9.17) is 10.5 Å². The van der Waals surface area contributed by atoms with Crippen molar-refractivity contribution in [1.29, 1.82) is 0 Å². The lowest BCUT2D eigenvalue weighted by Gasteiger charge is -2.06. The second-order valence-electron chi connectivity index (χ2n) is 4.08. The number of nitrogens with two attached hydrogens (primary N) is 1. The first-order valence-corrected chi connectivity index (χ1v) is 6.31. The van der Waals surface area contributed by atoms with E-state index in [0.29, 0.717) is 5.56 Å². The average molecular weight is 274 g/mol. The summed E-state index contributed by atoms with van der Waals surface area (Å²) < 4.78 is 4.74. The zero-order chi connectivity index (χ0) is 15.0. The summed E-state index contributed by atoms with van der Waals surface area (Å²) in [6.45, 7) is 3.99. The van der Waals surface area contributed by atoms with Crippen molar-refractivity contribution in [2.75, 3.05) is 19.7 Å². The molecule has 0 saturated carbocycles. The van der Waals surface area contributed by atoms with Gasteiger partial charge < -0.3 is 15.8 Å². The van der Waals surface area contributed by atoms with E-state index in [1.807, 2.05) is 13.0 Å². The molecule has 1 aromatic rings. The molecule has 0 heterocycles. The van der Waals surface area contributed by atoms with Gasteiger partial charge in [0.2, 0.25) is 0 Å². The Morgan fingerprint density at radius 3 is 2.75 bits per heavy atom. The summed E-state index contributed by atoms with van der Waals surface area (Å²) in [6.07, 6.45) is 0. The summed E-state index contributed by atoms with van der Waals surface area (Å²) >= 11 is 0. The van der Waals surface area contributed by atoms with Gasteiger partial charge in [-0.15, -0.1) is 0 Å². The normalized spacial score (nSPS) is 9.35. The molecule has 1 aromatic carbocycles. The van der Waals surface area contributed by atoms with Crippen LogP contribution in [-0.4, -0.2) is 31.6 Å². The topological polar surface area (TPSA) is 81.4 Å². The van der Waals surface area contributed by atoms with E-state index in [1.54, 1.807) is 19.1 Å². The monoisotopic (exact) mass is 274 g/mol. The van der Waals surface area contributed by atoms with Gasteiger partial charge in [-0.25, -0.2) is 0 Å². The number of carbonyl (C=O) groups excluding carboxylic acids is 2. The van der Waals surface area contributed by atoms with E-state index in [1.165, 1.54) is 0 Å². The van der Waals surface area contributed by atoms with Crippen LogP contribution < -0.4 is 11.1 Å². The molecule has 106 valence electrons. The van der Waals surface area contributed by atoms with Crippen LogP contribution in [0.25, 0.3) is 0 Å². The van der Waals surface area contributed by atoms with Gasteiger partial charge in [0.15, 0.2) is 0 Å². The fourth-order valence-electron chi connectivity index (χ4n) is 1.61. The van der Waals surface area contributed by atoms with Crippen LogP contribution in [0.4, 0.5) is 0 Å². The molecule has 20 heavy (non-hydrogen) atoms. The largest absolute Gasteiger partial charge is 0.465 e. The van der Waals surface area contributed by atoms with Crippen LogP contribution in [0.15, 0.2) is 18.2 Å². The maximum absolute atomic E-state index is 11.9. The summed E-state index contributed by atoms with van der Waals surface area (Å²) in [7, 11) is 0. The Hall–Kier alpha value is -2.32. The summed E-state index contributed by atoms with van der Waals surface area (Å²) in [4.78, 5) is 23.1. The van der Waals surface area contributed by atoms with Crippen molar-refractivity contribution >= 4 is 11.9 Å². The molecule has 0 unspecified atom stereocenters. The maximum Gasteiger partial charge on any atom is 0.325 e. The predicted molar refractivity (Wildman–Crippen MR) is 76.1 cm³/mol. The van der Waals surface area contributed by atoms with Gasteiger partial charge in [0.25, 0.3) is 5.91 Å². The number of carbonyl (C=O) groups is 2. The number of benzene rings is 1. The quantitative estimate of drug-likeness (QED) is 0.622. The fraction of sp³-hybridized carbons (Fsp3) is 0.333. The van der Waals surface area contributed by atoms with Gasteiger partial charge in [-0.3, -0.25) is 9.59 Å². The van der Waals surface area contributed by atoms with Crippen LogP contribution in [0, 0.1) is 18.8 Å². The van der Waals surface area contributed by atoms with Crippen LogP contribution in [0.2, 0.25) is 0 Å². The van der Waals surface area contributed by atoms with Crippen LogP contribution in [0.1, 0.15) is 28.4 Å². The number of nitrogens with one attached hydrogen (secondary N) is 1. The summed E-state index contributed by atoms with van der Waals surface area (Å²) in [5.41, 5.74) is 7.40. The van der Waals surface area contributed by atoms with Crippen LogP contribution >= 0.6 is 0 Å². The lowest BCUT2D eigenvalue weighted by atomic mass is 10.1. The van der Waals surface area contributed by atoms with Gasteiger partial charge >= 0.3 is 5.97 Å². The van der Waals surface area contributed by atoms with E-state index < -0.39 is 5.97 Å². The fourth-order valence-corrected chi connectivity index (χ4v) is 1.61. The molecule has 3 N–H and O–H groups in total. The minimum Gasteiger partial charge on any atom is -0.465 e. The lowest BCUT2D eigenvalue weighted by molar-refractivity contribution is -0.141. The molecule has 1 amide bonds. The second-order valence-corrected chi connectivity index (χ2v) is 4.08. The number of esters is 1. The zero-order valence-corrected chi connectivity index (χ0v) is 11.7. The lowest BCUT2D eigenvalue weighted by Crippen LogP contribution is -2.30. The average Bonchev–Trinajstić information content (AvgIpc) is 2.42. The Bertz CT molecular complexity index is 556. The Balaban J connectivity index is 2.77. The third kappa shape index (κ3) is 5.12. The smallest absolute Gasteiger partial charge is 0.325 e. The number of ether oxygens (including phenoxy) is 1. The molecule has 0 aliphatic rings. The molecule has 0 spiro atoms. The van der Waals surface area contributed by atoms with Crippen LogP contribution in [0.3, 0.4) is 0 Å². The van der Waals surface area contributed by atoms with Crippen molar-refractivity contribution in [2.24, 2.45) is 5.73 Å². The predicted octanol–water partition coefficient (Wildman–Crippen LogP) is 0.598. The van der Waals surface area contributed by atoms with Gasteiger partial charge in [0.1, 0.15) is 6.54 Å². The van der Waals surface area contributed by atoms with Crippen molar-refractivity contribution in [3.63, 3.8) is 0 Å². The van der Waals surface area contributed by atoms with Gasteiger partial charge in [-0.05, 0) is 37.6 Å². The molecule has 0 aliphatic heterocycles. The Labute approximate surface area is 118 Å². The highest BCUT2D eigenvalue weighted by Gasteiger charge is 2.09. The van der Waals surface area contributed by atoms with E-state index in [-0.39, 0.29) is 25.6 Å². The molecule has 0 saturated heterocycles. The maximum atomic E-state index is 11.9. The minimum atomic E-state index is -0.461. The number of aryl methyl sites for hydroxylation is 1. The van der Waals surface area contributed by atoms with Crippen molar-refractivity contribution in [2.45, 2.75) is 13.8 Å². The first-order valence-electron chi connectivity index (χ1n) is 6.31. The molecule has 5 heteroatoms. The van der Waals surface area contributed by atoms with E-state index in [2.05, 4.69) is 17.2 Å². The molecule has 0 aliphatic carbocycles. The van der Waals surface area contributed by atoms with E-state index in [0.717, 1.165) is 11.1 Å². The van der Waals surface area contributed by atoms with Crippen molar-refractivity contribution in [3.05, 3.63) is 34.9 Å².